The van der Waals surface area contributed by atoms with Crippen LogP contribution in [0.1, 0.15) is 18.9 Å². The van der Waals surface area contributed by atoms with Gasteiger partial charge in [0, 0.05) is 12.1 Å². The van der Waals surface area contributed by atoms with Gasteiger partial charge in [-0.05, 0) is 18.6 Å². The molecule has 2 rings (SSSR count). The molecule has 2 N–H and O–H groups in total. The van der Waals surface area contributed by atoms with Crippen molar-refractivity contribution in [3.8, 4) is 0 Å². The number of hydrogen-bond donors (Lipinski definition) is 2. The second-order valence-corrected chi connectivity index (χ2v) is 6.50. The number of hydrogen-bond acceptors (Lipinski definition) is 4. The van der Waals surface area contributed by atoms with Gasteiger partial charge in [-0.15, -0.1) is 5.10 Å². The van der Waals surface area contributed by atoms with E-state index in [1.807, 2.05) is 10.7 Å². The summed E-state index contributed by atoms with van der Waals surface area (Å²) in [6, 6.07) is 10.5. The first-order chi connectivity index (χ1) is 9.69. The van der Waals surface area contributed by atoms with Crippen LogP contribution < -0.4 is 10.2 Å². The molecule has 1 unspecified atom stereocenters. The average Bonchev–Trinajstić information content (AvgIpc) is 2.78. The van der Waals surface area contributed by atoms with Crippen LogP contribution in [0.2, 0.25) is 0 Å². The van der Waals surface area contributed by atoms with Crippen LogP contribution in [-0.2, 0) is 13.2 Å². The van der Waals surface area contributed by atoms with E-state index in [1.165, 1.54) is 10.5 Å². The molecule has 1 heterocycles. The Morgan fingerprint density at radius 1 is 1.35 bits per heavy atom. The van der Waals surface area contributed by atoms with Crippen molar-refractivity contribution < 1.29 is 4.90 Å². The minimum absolute atomic E-state index is 0.790. The third-order valence-electron chi connectivity index (χ3n) is 2.90. The van der Waals surface area contributed by atoms with Crippen LogP contribution >= 0.6 is 23.6 Å². The Morgan fingerprint density at radius 3 is 2.80 bits per heavy atom. The smallest absolute Gasteiger partial charge is 0.204 e. The molecular weight excluding hydrogens is 288 g/mol. The summed E-state index contributed by atoms with van der Waals surface area (Å²) in [5, 5.41) is 8.74. The normalized spacial score (nSPS) is 12.3. The molecule has 0 radical (unpaired) electrons. The summed E-state index contributed by atoms with van der Waals surface area (Å²) in [7, 11) is 2.16. The molecule has 0 aliphatic heterocycles. The molecule has 0 amide bonds. The van der Waals surface area contributed by atoms with Crippen molar-refractivity contribution in [3.05, 3.63) is 39.8 Å². The molecule has 1 atom stereocenters. The Labute approximate surface area is 129 Å². The number of benzene rings is 1. The van der Waals surface area contributed by atoms with Gasteiger partial charge in [-0.3, -0.25) is 0 Å². The van der Waals surface area contributed by atoms with Gasteiger partial charge in [-0.2, -0.15) is 4.68 Å². The largest absolute Gasteiger partial charge is 0.360 e. The number of quaternary nitrogens is 1. The minimum atomic E-state index is 0.790. The lowest BCUT2D eigenvalue weighted by Crippen LogP contribution is -3.07. The molecule has 0 saturated carbocycles. The van der Waals surface area contributed by atoms with Crippen LogP contribution in [0.3, 0.4) is 0 Å². The van der Waals surface area contributed by atoms with Crippen LogP contribution in [0.15, 0.2) is 30.3 Å². The Balaban J connectivity index is 1.95. The molecular formula is C14H21N4S2+. The summed E-state index contributed by atoms with van der Waals surface area (Å²) < 4.78 is 2.74. The summed E-state index contributed by atoms with van der Waals surface area (Å²) in [5.74, 6) is 0. The highest BCUT2D eigenvalue weighted by Gasteiger charge is 2.08. The number of aromatic nitrogens is 2. The van der Waals surface area contributed by atoms with Gasteiger partial charge < -0.3 is 10.2 Å². The maximum Gasteiger partial charge on any atom is 0.204 e. The fraction of sp³-hybridized carbons (Fsp3) is 0.429. The molecule has 0 aliphatic rings. The Hall–Kier alpha value is -1.24. The molecule has 0 spiro atoms. The van der Waals surface area contributed by atoms with Crippen molar-refractivity contribution in [1.29, 1.82) is 0 Å². The monoisotopic (exact) mass is 309 g/mol. The number of anilines is 1. The lowest BCUT2D eigenvalue weighted by Gasteiger charge is -2.13. The van der Waals surface area contributed by atoms with Crippen LogP contribution in [0, 0.1) is 3.95 Å². The Kier molecular flexibility index (Phi) is 5.70. The molecule has 6 heteroatoms. The number of nitrogens with zero attached hydrogens (tertiary/aromatic N) is 2. The molecule has 0 aliphatic carbocycles. The van der Waals surface area contributed by atoms with Gasteiger partial charge in [-0.25, -0.2) is 0 Å². The van der Waals surface area contributed by atoms with Gasteiger partial charge in [-0.1, -0.05) is 48.6 Å². The van der Waals surface area contributed by atoms with E-state index in [-0.39, 0.29) is 0 Å². The zero-order valence-electron chi connectivity index (χ0n) is 11.9. The quantitative estimate of drug-likeness (QED) is 0.769. The predicted octanol–water partition coefficient (Wildman–Crippen LogP) is 2.17. The zero-order valence-corrected chi connectivity index (χ0v) is 13.6. The van der Waals surface area contributed by atoms with E-state index in [0.29, 0.717) is 0 Å². The van der Waals surface area contributed by atoms with Gasteiger partial charge in [0.05, 0.1) is 7.05 Å². The van der Waals surface area contributed by atoms with Crippen LogP contribution in [-0.4, -0.2) is 23.4 Å². The van der Waals surface area contributed by atoms with E-state index in [9.17, 15) is 0 Å². The maximum atomic E-state index is 5.37. The lowest BCUT2D eigenvalue weighted by atomic mass is 10.2. The van der Waals surface area contributed by atoms with Crippen LogP contribution in [0.4, 0.5) is 5.13 Å². The second-order valence-electron chi connectivity index (χ2n) is 4.88. The first-order valence-corrected chi connectivity index (χ1v) is 8.08. The van der Waals surface area contributed by atoms with E-state index >= 15 is 0 Å². The molecule has 2 aromatic rings. The SMILES string of the molecule is CCCNc1nn(C[NH+](C)Cc2ccccc2)c(=S)s1. The van der Waals surface area contributed by atoms with Gasteiger partial charge in [0.25, 0.3) is 0 Å². The minimum Gasteiger partial charge on any atom is -0.360 e. The highest BCUT2D eigenvalue weighted by atomic mass is 32.1. The van der Waals surface area contributed by atoms with Crippen LogP contribution in [0.25, 0.3) is 0 Å². The van der Waals surface area contributed by atoms with E-state index in [1.54, 1.807) is 11.3 Å². The van der Waals surface area contributed by atoms with Gasteiger partial charge in [0.15, 0.2) is 10.6 Å². The van der Waals surface area contributed by atoms with Crippen molar-refractivity contribution in [2.75, 3.05) is 18.9 Å². The Bertz CT molecular complexity index is 576. The molecule has 0 fully saturated rings. The summed E-state index contributed by atoms with van der Waals surface area (Å²) in [6.07, 6.45) is 1.09. The molecule has 4 nitrogen and oxygen atoms in total. The van der Waals surface area contributed by atoms with Crippen molar-refractivity contribution in [1.82, 2.24) is 9.78 Å². The number of rotatable bonds is 7. The van der Waals surface area contributed by atoms with Gasteiger partial charge in [0.2, 0.25) is 5.13 Å². The van der Waals surface area contributed by atoms with Gasteiger partial charge >= 0.3 is 0 Å². The van der Waals surface area contributed by atoms with Gasteiger partial charge in [0.1, 0.15) is 6.54 Å². The Morgan fingerprint density at radius 2 is 2.10 bits per heavy atom. The lowest BCUT2D eigenvalue weighted by molar-refractivity contribution is -0.917. The summed E-state index contributed by atoms with van der Waals surface area (Å²) >= 11 is 6.92. The van der Waals surface area contributed by atoms with E-state index < -0.39 is 0 Å². The maximum absolute atomic E-state index is 5.37. The summed E-state index contributed by atoms with van der Waals surface area (Å²) in [5.41, 5.74) is 1.33. The highest BCUT2D eigenvalue weighted by Crippen LogP contribution is 2.13. The highest BCUT2D eigenvalue weighted by molar-refractivity contribution is 7.73. The average molecular weight is 309 g/mol. The van der Waals surface area contributed by atoms with Crippen molar-refractivity contribution in [2.45, 2.75) is 26.6 Å². The van der Waals surface area contributed by atoms with Crippen LogP contribution in [0.5, 0.6) is 0 Å². The fourth-order valence-electron chi connectivity index (χ4n) is 1.97. The summed E-state index contributed by atoms with van der Waals surface area (Å²) in [6.45, 7) is 4.84. The van der Waals surface area contributed by atoms with Crippen molar-refractivity contribution in [3.63, 3.8) is 0 Å². The molecule has 1 aromatic heterocycles. The first-order valence-electron chi connectivity index (χ1n) is 6.86. The first kappa shape index (κ1) is 15.2. The van der Waals surface area contributed by atoms with E-state index in [2.05, 4.69) is 48.7 Å². The van der Waals surface area contributed by atoms with E-state index in [0.717, 1.165) is 35.3 Å². The standard InChI is InChI=1S/C14H20N4S2/c1-3-9-15-13-16-18(14(19)20-13)11-17(2)10-12-7-5-4-6-8-12/h4-8H,3,9-11H2,1-2H3,(H,15,16)/p+1. The fourth-order valence-corrected chi connectivity index (χ4v) is 3.00. The number of nitrogens with one attached hydrogen (secondary N) is 2. The third kappa shape index (κ3) is 4.40. The summed E-state index contributed by atoms with van der Waals surface area (Å²) in [4.78, 5) is 1.36. The van der Waals surface area contributed by atoms with Crippen molar-refractivity contribution in [2.24, 2.45) is 0 Å². The van der Waals surface area contributed by atoms with E-state index in [4.69, 9.17) is 12.2 Å². The topological polar surface area (TPSA) is 34.3 Å². The molecule has 0 saturated heterocycles. The molecule has 0 bridgehead atoms. The molecule has 20 heavy (non-hydrogen) atoms. The predicted molar refractivity (Wildman–Crippen MR) is 86.8 cm³/mol. The second kappa shape index (κ2) is 7.52. The third-order valence-corrected chi connectivity index (χ3v) is 4.17. The molecule has 108 valence electrons. The zero-order chi connectivity index (χ0) is 14.4. The molecule has 1 aromatic carbocycles. The van der Waals surface area contributed by atoms with Crippen molar-refractivity contribution >= 4 is 28.7 Å².